The van der Waals surface area contributed by atoms with Gasteiger partial charge in [-0.3, -0.25) is 43.2 Å². The van der Waals surface area contributed by atoms with Gasteiger partial charge in [0, 0.05) is 47.3 Å². The third kappa shape index (κ3) is 21.3. The van der Waals surface area contributed by atoms with Gasteiger partial charge in [-0.05, 0) is 130 Å². The van der Waals surface area contributed by atoms with Gasteiger partial charge in [0.1, 0.15) is 41.7 Å². The number of primary amides is 2. The Bertz CT molecular complexity index is 2810. The standard InChI is InChI=1S/C56H71ClN10O12S2/c1-31(68)48-56(79)65-46(55(78)62-43(50(60)73)26-35-13-21-40(70)22-14-35)30-81-80-29-45(64-52(75)41(58)25-33-9-17-38(57)18-10-33)47(71)28-37(24-32-11-19-39(69)20-12-32)51(74)63-44(27-34-7-15-36(16-8-34)49(59)72)54(77)61-42(53(76)66-48)6-4-5-23-67(2)3/h7-22,31,37,41-46,48,68-70H,4-6,23-30,58H2,1-3H3,(H2,59,72)(H2,60,73)(H,61,77)(H,62,78)(H,63,74)(H,64,75)(H,65,79)(H,66,76)/t31-,37-,41+,42+,43?,44-,45-,46+,48+/m1/s1. The number of aliphatic hydroxyl groups is 1. The van der Waals surface area contributed by atoms with Gasteiger partial charge in [-0.2, -0.15) is 0 Å². The van der Waals surface area contributed by atoms with E-state index in [1.165, 1.54) is 67.6 Å². The number of halogens is 1. The van der Waals surface area contributed by atoms with Crippen molar-refractivity contribution in [3.63, 3.8) is 0 Å². The van der Waals surface area contributed by atoms with Crippen molar-refractivity contribution in [2.24, 2.45) is 23.1 Å². The second-order valence-corrected chi connectivity index (χ2v) is 23.1. The second-order valence-electron chi connectivity index (χ2n) is 20.1. The Labute approximate surface area is 482 Å². The maximum Gasteiger partial charge on any atom is 0.248 e. The molecule has 4 aromatic carbocycles. The third-order valence-electron chi connectivity index (χ3n) is 13.2. The van der Waals surface area contributed by atoms with Crippen LogP contribution in [0.15, 0.2) is 97.1 Å². The summed E-state index contributed by atoms with van der Waals surface area (Å²) in [6.07, 6.45) is -1.56. The molecule has 0 spiro atoms. The first kappa shape index (κ1) is 64.6. The molecule has 1 aliphatic rings. The van der Waals surface area contributed by atoms with Gasteiger partial charge in [0.05, 0.1) is 18.2 Å². The molecule has 15 N–H and O–H groups in total. The minimum absolute atomic E-state index is 0.0103. The molecule has 1 aliphatic heterocycles. The van der Waals surface area contributed by atoms with E-state index in [0.29, 0.717) is 46.7 Å². The monoisotopic (exact) mass is 1170 g/mol. The van der Waals surface area contributed by atoms with Crippen LogP contribution < -0.4 is 49.1 Å². The third-order valence-corrected chi connectivity index (χ3v) is 15.9. The lowest BCUT2D eigenvalue weighted by Crippen LogP contribution is -2.62. The van der Waals surface area contributed by atoms with E-state index in [1.54, 1.807) is 36.4 Å². The van der Waals surface area contributed by atoms with E-state index in [0.717, 1.165) is 21.6 Å². The molecule has 25 heteroatoms. The molecule has 9 atom stereocenters. The molecule has 1 saturated heterocycles. The number of ketones is 1. The molecule has 1 fully saturated rings. The molecule has 0 aliphatic carbocycles. The van der Waals surface area contributed by atoms with E-state index in [1.807, 2.05) is 19.0 Å². The molecule has 5 rings (SSSR count). The van der Waals surface area contributed by atoms with Gasteiger partial charge in [0.2, 0.25) is 47.3 Å². The van der Waals surface area contributed by atoms with Crippen molar-refractivity contribution in [1.29, 1.82) is 0 Å². The highest BCUT2D eigenvalue weighted by atomic mass is 35.5. The minimum atomic E-state index is -1.74. The van der Waals surface area contributed by atoms with Crippen molar-refractivity contribution in [3.05, 3.63) is 130 Å². The van der Waals surface area contributed by atoms with E-state index < -0.39 is 114 Å². The number of aliphatic hydroxyl groups excluding tert-OH is 1. The van der Waals surface area contributed by atoms with Gasteiger partial charge in [0.15, 0.2) is 5.78 Å². The summed E-state index contributed by atoms with van der Waals surface area (Å²) in [5.41, 5.74) is 20.0. The summed E-state index contributed by atoms with van der Waals surface area (Å²) in [5.74, 6) is -9.31. The number of rotatable bonds is 20. The fourth-order valence-corrected chi connectivity index (χ4v) is 11.1. The van der Waals surface area contributed by atoms with E-state index in [9.17, 15) is 58.5 Å². The molecule has 8 amide bonds. The highest BCUT2D eigenvalue weighted by Crippen LogP contribution is 2.26. The number of aromatic hydroxyl groups is 2. The van der Waals surface area contributed by atoms with Gasteiger partial charge in [0.25, 0.3) is 0 Å². The van der Waals surface area contributed by atoms with Crippen molar-refractivity contribution in [1.82, 2.24) is 36.8 Å². The Morgan fingerprint density at radius 1 is 0.691 bits per heavy atom. The Hall–Kier alpha value is -7.22. The van der Waals surface area contributed by atoms with Crippen LogP contribution in [-0.2, 0) is 64.0 Å². The Morgan fingerprint density at radius 2 is 1.23 bits per heavy atom. The number of phenols is 2. The number of Topliss-reactive ketones (excluding diaryl/α,β-unsaturated/α-hetero) is 1. The Kier molecular flexibility index (Phi) is 25.3. The van der Waals surface area contributed by atoms with Gasteiger partial charge in [-0.15, -0.1) is 0 Å². The number of phenolic OH excluding ortho intramolecular Hbond substituents is 2. The van der Waals surface area contributed by atoms with Crippen molar-refractivity contribution in [3.8, 4) is 11.5 Å². The molecular formula is C56H71ClN10O12S2. The van der Waals surface area contributed by atoms with Crippen LogP contribution in [0.4, 0.5) is 0 Å². The zero-order chi connectivity index (χ0) is 59.3. The summed E-state index contributed by atoms with van der Waals surface area (Å²) in [7, 11) is 5.70. The number of benzene rings is 4. The fraction of sp³-hybridized carbons (Fsp3) is 0.411. The number of carbonyl (C=O) groups is 9. The number of hydrogen-bond donors (Lipinski definition) is 12. The highest BCUT2D eigenvalue weighted by molar-refractivity contribution is 8.76. The zero-order valence-corrected chi connectivity index (χ0v) is 47.5. The fourth-order valence-electron chi connectivity index (χ4n) is 8.58. The quantitative estimate of drug-likeness (QED) is 0.0433. The molecule has 436 valence electrons. The lowest BCUT2D eigenvalue weighted by Gasteiger charge is -2.29. The van der Waals surface area contributed by atoms with Crippen molar-refractivity contribution in [2.75, 3.05) is 32.1 Å². The summed E-state index contributed by atoms with van der Waals surface area (Å²) in [6.45, 7) is 1.83. The number of hydrogen-bond acceptors (Lipinski definition) is 16. The maximum atomic E-state index is 14.9. The average molecular weight is 1180 g/mol. The maximum absolute atomic E-state index is 14.9. The molecule has 4 aromatic rings. The average Bonchev–Trinajstić information content (AvgIpc) is 3.47. The van der Waals surface area contributed by atoms with Gasteiger partial charge in [-0.25, -0.2) is 0 Å². The first-order valence-corrected chi connectivity index (χ1v) is 29.0. The summed E-state index contributed by atoms with van der Waals surface area (Å²) in [4.78, 5) is 128. The molecule has 0 bridgehead atoms. The number of carbonyl (C=O) groups excluding carboxylic acids is 9. The number of unbranched alkanes of at least 4 members (excludes halogenated alkanes) is 1. The van der Waals surface area contributed by atoms with Crippen LogP contribution >= 0.6 is 33.2 Å². The lowest BCUT2D eigenvalue weighted by atomic mass is 9.90. The Balaban J connectivity index is 1.58. The summed E-state index contributed by atoms with van der Waals surface area (Å²) < 4.78 is 0. The van der Waals surface area contributed by atoms with E-state index in [-0.39, 0.29) is 60.7 Å². The first-order valence-electron chi connectivity index (χ1n) is 26.1. The normalized spacial score (nSPS) is 21.0. The van der Waals surface area contributed by atoms with Crippen LogP contribution in [-0.4, -0.2) is 154 Å². The van der Waals surface area contributed by atoms with E-state index in [2.05, 4.69) is 31.9 Å². The molecule has 1 unspecified atom stereocenters. The predicted molar refractivity (Wildman–Crippen MR) is 308 cm³/mol. The molecule has 22 nitrogen and oxygen atoms in total. The predicted octanol–water partition coefficient (Wildman–Crippen LogP) is 0.925. The largest absolute Gasteiger partial charge is 0.508 e. The van der Waals surface area contributed by atoms with E-state index in [4.69, 9.17) is 28.8 Å². The first-order chi connectivity index (χ1) is 38.4. The molecule has 0 aromatic heterocycles. The highest BCUT2D eigenvalue weighted by Gasteiger charge is 2.37. The minimum Gasteiger partial charge on any atom is -0.508 e. The Morgan fingerprint density at radius 3 is 1.83 bits per heavy atom. The van der Waals surface area contributed by atoms with Crippen LogP contribution in [0.3, 0.4) is 0 Å². The summed E-state index contributed by atoms with van der Waals surface area (Å²) in [5, 5.41) is 47.5. The van der Waals surface area contributed by atoms with Gasteiger partial charge in [-0.1, -0.05) is 81.7 Å². The molecule has 1 heterocycles. The van der Waals surface area contributed by atoms with Crippen molar-refractivity contribution < 1.29 is 58.5 Å². The smallest absolute Gasteiger partial charge is 0.248 e. The van der Waals surface area contributed by atoms with Crippen LogP contribution in [0, 0.1) is 5.92 Å². The molecule has 0 radical (unpaired) electrons. The topological polar surface area (TPSA) is 368 Å². The molecular weight excluding hydrogens is 1100 g/mol. The van der Waals surface area contributed by atoms with Crippen molar-refractivity contribution >= 4 is 86.2 Å². The van der Waals surface area contributed by atoms with Crippen molar-refractivity contribution in [2.45, 2.75) is 107 Å². The summed E-state index contributed by atoms with van der Waals surface area (Å²) in [6, 6.07) is 14.4. The van der Waals surface area contributed by atoms with Gasteiger partial charge >= 0.3 is 0 Å². The second kappa shape index (κ2) is 31.7. The van der Waals surface area contributed by atoms with E-state index >= 15 is 0 Å². The summed E-state index contributed by atoms with van der Waals surface area (Å²) >= 11 is 6.08. The van der Waals surface area contributed by atoms with Crippen LogP contribution in [0.5, 0.6) is 11.5 Å². The zero-order valence-electron chi connectivity index (χ0n) is 45.1. The molecule has 81 heavy (non-hydrogen) atoms. The van der Waals surface area contributed by atoms with Crippen LogP contribution in [0.2, 0.25) is 5.02 Å². The number of nitrogens with zero attached hydrogens (tertiary/aromatic N) is 1. The molecule has 0 saturated carbocycles. The van der Waals surface area contributed by atoms with Gasteiger partial charge < -0.3 is 69.3 Å². The van der Waals surface area contributed by atoms with Crippen LogP contribution in [0.25, 0.3) is 0 Å². The number of amides is 8. The lowest BCUT2D eigenvalue weighted by molar-refractivity contribution is -0.137. The number of nitrogens with two attached hydrogens (primary N) is 3. The number of nitrogens with one attached hydrogen (secondary N) is 6. The van der Waals surface area contributed by atoms with Crippen LogP contribution in [0.1, 0.15) is 65.2 Å². The SMILES string of the molecule is C[C@@H](O)[C@@H]1NC(=O)[C@H](CCCCN(C)C)NC(=O)[C@@H](Cc2ccc(C(N)=O)cc2)NC(=O)[C@H](Cc2ccc(O)cc2)CC(=O)[C@H](NC(=O)[C@@H](N)Cc2ccc(Cl)cc2)CSSC[C@@H](C(=O)NC(Cc2ccc(O)cc2)C(N)=O)NC1=O.